The van der Waals surface area contributed by atoms with Crippen LogP contribution in [0.25, 0.3) is 83.3 Å². The molecule has 0 bridgehead atoms. The maximum absolute atomic E-state index is 6.61. The van der Waals surface area contributed by atoms with Crippen LogP contribution in [0, 0.1) is 0 Å². The lowest BCUT2D eigenvalue weighted by Crippen LogP contribution is -2.15. The van der Waals surface area contributed by atoms with Crippen LogP contribution in [0.4, 0.5) is 0 Å². The second-order valence-electron chi connectivity index (χ2n) is 13.0. The van der Waals surface area contributed by atoms with E-state index >= 15 is 0 Å². The summed E-state index contributed by atoms with van der Waals surface area (Å²) >= 11 is 0. The fourth-order valence-electron chi connectivity index (χ4n) is 7.90. The van der Waals surface area contributed by atoms with Gasteiger partial charge in [0.2, 0.25) is 0 Å². The van der Waals surface area contributed by atoms with Crippen molar-refractivity contribution in [3.63, 3.8) is 0 Å². The lowest BCUT2D eigenvalue weighted by Gasteiger charge is -2.22. The molecule has 0 atom stereocenters. The highest BCUT2D eigenvalue weighted by Crippen LogP contribution is 2.56. The van der Waals surface area contributed by atoms with Gasteiger partial charge in [-0.3, -0.25) is 4.57 Å². The molecule has 0 spiro atoms. The summed E-state index contributed by atoms with van der Waals surface area (Å²) in [6.07, 6.45) is 0. The van der Waals surface area contributed by atoms with Crippen LogP contribution in [0.5, 0.6) is 0 Å². The van der Waals surface area contributed by atoms with Gasteiger partial charge in [0.25, 0.3) is 0 Å². The normalized spacial score (nSPS) is 13.5. The molecule has 0 amide bonds. The van der Waals surface area contributed by atoms with Gasteiger partial charge in [-0.05, 0) is 34.9 Å². The smallest absolute Gasteiger partial charge is 0.162 e. The molecule has 222 valence electrons. The molecular weight excluding hydrogens is 574 g/mol. The second kappa shape index (κ2) is 9.51. The first-order valence-corrected chi connectivity index (χ1v) is 16.1. The van der Waals surface area contributed by atoms with Gasteiger partial charge in [0, 0.05) is 49.7 Å². The Morgan fingerprint density at radius 2 is 1.30 bits per heavy atom. The third-order valence-electron chi connectivity index (χ3n) is 10.00. The predicted molar refractivity (Wildman–Crippen MR) is 192 cm³/mol. The lowest BCUT2D eigenvalue weighted by molar-refractivity contribution is 0.657. The van der Waals surface area contributed by atoms with Crippen molar-refractivity contribution in [2.75, 3.05) is 0 Å². The van der Waals surface area contributed by atoms with Crippen molar-refractivity contribution in [2.45, 2.75) is 19.3 Å². The van der Waals surface area contributed by atoms with E-state index < -0.39 is 0 Å². The van der Waals surface area contributed by atoms with Gasteiger partial charge < -0.3 is 4.42 Å². The van der Waals surface area contributed by atoms with Crippen molar-refractivity contribution < 1.29 is 4.42 Å². The van der Waals surface area contributed by atoms with Crippen molar-refractivity contribution in [3.8, 4) is 39.6 Å². The number of fused-ring (bicyclic) bond motifs is 11. The van der Waals surface area contributed by atoms with Gasteiger partial charge in [-0.15, -0.1) is 0 Å². The first-order chi connectivity index (χ1) is 23.1. The van der Waals surface area contributed by atoms with Gasteiger partial charge in [-0.25, -0.2) is 9.97 Å². The van der Waals surface area contributed by atoms with Crippen molar-refractivity contribution >= 4 is 43.7 Å². The zero-order valence-corrected chi connectivity index (χ0v) is 26.0. The van der Waals surface area contributed by atoms with Gasteiger partial charge in [0.15, 0.2) is 5.82 Å². The average molecular weight is 604 g/mol. The molecule has 0 N–H and O–H groups in total. The summed E-state index contributed by atoms with van der Waals surface area (Å²) in [4.78, 5) is 10.3. The third-order valence-corrected chi connectivity index (χ3v) is 10.00. The average Bonchev–Trinajstić information content (AvgIpc) is 3.74. The molecule has 0 unspecified atom stereocenters. The standard InChI is InChI=1S/C43H29N3O/c1-43(2)32-23-21-29-28-17-10-12-20-36(28)47-41(29)38(32)31-22-24-35-39(40(31)43)30-18-9-11-19-34(30)46(35)37-25-33(26-13-5-3-6-14-26)44-42(45-37)27-15-7-4-8-16-27/h3-25H,1-2H3. The lowest BCUT2D eigenvalue weighted by atomic mass is 9.80. The number of nitrogens with zero attached hydrogens (tertiary/aromatic N) is 3. The fraction of sp³-hybridized carbons (Fsp3) is 0.0698. The number of benzene rings is 6. The zero-order valence-electron chi connectivity index (χ0n) is 26.0. The highest BCUT2D eigenvalue weighted by atomic mass is 16.3. The minimum absolute atomic E-state index is 0.248. The molecule has 47 heavy (non-hydrogen) atoms. The van der Waals surface area contributed by atoms with E-state index in [9.17, 15) is 0 Å². The minimum atomic E-state index is -0.248. The Morgan fingerprint density at radius 1 is 0.596 bits per heavy atom. The summed E-state index contributed by atoms with van der Waals surface area (Å²) in [5, 5.41) is 4.78. The highest BCUT2D eigenvalue weighted by molar-refractivity contribution is 6.17. The summed E-state index contributed by atoms with van der Waals surface area (Å²) in [6.45, 7) is 4.70. The van der Waals surface area contributed by atoms with Crippen LogP contribution in [0.2, 0.25) is 0 Å². The van der Waals surface area contributed by atoms with E-state index in [1.54, 1.807) is 0 Å². The minimum Gasteiger partial charge on any atom is -0.455 e. The van der Waals surface area contributed by atoms with Crippen molar-refractivity contribution in [2.24, 2.45) is 0 Å². The van der Waals surface area contributed by atoms with Crippen molar-refractivity contribution in [3.05, 3.63) is 151 Å². The summed E-state index contributed by atoms with van der Waals surface area (Å²) in [6, 6.07) is 48.9. The molecule has 9 aromatic rings. The number of rotatable bonds is 3. The summed E-state index contributed by atoms with van der Waals surface area (Å²) in [5.74, 6) is 1.55. The van der Waals surface area contributed by atoms with Gasteiger partial charge >= 0.3 is 0 Å². The first-order valence-electron chi connectivity index (χ1n) is 16.1. The van der Waals surface area contributed by atoms with Crippen molar-refractivity contribution in [1.29, 1.82) is 0 Å². The molecule has 1 aliphatic carbocycles. The van der Waals surface area contributed by atoms with Crippen LogP contribution in [0.15, 0.2) is 144 Å². The van der Waals surface area contributed by atoms with Crippen LogP contribution >= 0.6 is 0 Å². The van der Waals surface area contributed by atoms with Crippen LogP contribution in [0.1, 0.15) is 25.0 Å². The SMILES string of the molecule is CC1(C)c2ccc3c(oc4ccccc43)c2-c2ccc3c(c21)c1ccccc1n3-c1cc(-c2ccccc2)nc(-c2ccccc2)n1. The van der Waals surface area contributed by atoms with E-state index in [4.69, 9.17) is 14.4 Å². The number of furan rings is 1. The zero-order chi connectivity index (χ0) is 31.3. The van der Waals surface area contributed by atoms with E-state index in [0.717, 1.165) is 55.6 Å². The number of hydrogen-bond donors (Lipinski definition) is 0. The van der Waals surface area contributed by atoms with Crippen molar-refractivity contribution in [1.82, 2.24) is 14.5 Å². The van der Waals surface area contributed by atoms with Gasteiger partial charge in [0.05, 0.1) is 16.7 Å². The summed E-state index contributed by atoms with van der Waals surface area (Å²) in [7, 11) is 0. The van der Waals surface area contributed by atoms with Crippen LogP contribution in [0.3, 0.4) is 0 Å². The Bertz CT molecular complexity index is 2640. The maximum Gasteiger partial charge on any atom is 0.162 e. The van der Waals surface area contributed by atoms with Gasteiger partial charge in [-0.1, -0.05) is 129 Å². The monoisotopic (exact) mass is 603 g/mol. The molecule has 4 heteroatoms. The Kier molecular flexibility index (Phi) is 5.31. The molecular formula is C43H29N3O. The molecule has 0 saturated heterocycles. The topological polar surface area (TPSA) is 43.9 Å². The molecule has 3 aromatic heterocycles. The number of para-hydroxylation sites is 2. The Balaban J connectivity index is 1.30. The molecule has 4 nitrogen and oxygen atoms in total. The second-order valence-corrected chi connectivity index (χ2v) is 13.0. The predicted octanol–water partition coefficient (Wildman–Crippen LogP) is 11.1. The number of hydrogen-bond acceptors (Lipinski definition) is 3. The molecule has 0 saturated carbocycles. The van der Waals surface area contributed by atoms with Crippen LogP contribution < -0.4 is 0 Å². The molecule has 6 aromatic carbocycles. The number of aromatic nitrogens is 3. The summed E-state index contributed by atoms with van der Waals surface area (Å²) < 4.78 is 8.93. The van der Waals surface area contributed by atoms with E-state index in [1.807, 2.05) is 30.3 Å². The van der Waals surface area contributed by atoms with Gasteiger partial charge in [0.1, 0.15) is 17.0 Å². The molecule has 0 fully saturated rings. The van der Waals surface area contributed by atoms with E-state index in [-0.39, 0.29) is 5.41 Å². The maximum atomic E-state index is 6.61. The molecule has 1 aliphatic rings. The Morgan fingerprint density at radius 3 is 2.11 bits per heavy atom. The van der Waals surface area contributed by atoms with Gasteiger partial charge in [-0.2, -0.15) is 0 Å². The van der Waals surface area contributed by atoms with E-state index in [0.29, 0.717) is 5.82 Å². The third kappa shape index (κ3) is 3.64. The molecule has 0 radical (unpaired) electrons. The fourth-order valence-corrected chi connectivity index (χ4v) is 7.90. The van der Waals surface area contributed by atoms with E-state index in [2.05, 4.69) is 128 Å². The van der Waals surface area contributed by atoms with E-state index in [1.165, 1.54) is 33.0 Å². The first kappa shape index (κ1) is 26.2. The molecule has 3 heterocycles. The largest absolute Gasteiger partial charge is 0.455 e. The summed E-state index contributed by atoms with van der Waals surface area (Å²) in [5.41, 5.74) is 11.9. The highest BCUT2D eigenvalue weighted by Gasteiger charge is 2.40. The van der Waals surface area contributed by atoms with Crippen LogP contribution in [-0.4, -0.2) is 14.5 Å². The Labute approximate surface area is 271 Å². The quantitative estimate of drug-likeness (QED) is 0.202. The van der Waals surface area contributed by atoms with Crippen LogP contribution in [-0.2, 0) is 5.41 Å². The molecule has 0 aliphatic heterocycles. The Hall–Kier alpha value is -6.00. The molecule has 10 rings (SSSR count).